The SMILES string of the molecule is CCCCC(=O)O[C@@H](C)C(=O)OCc1ccccc1. The molecule has 19 heavy (non-hydrogen) atoms. The largest absolute Gasteiger partial charge is 0.458 e. The molecule has 104 valence electrons. The van der Waals surface area contributed by atoms with Gasteiger partial charge in [0, 0.05) is 6.42 Å². The maximum Gasteiger partial charge on any atom is 0.347 e. The highest BCUT2D eigenvalue weighted by molar-refractivity contribution is 5.78. The van der Waals surface area contributed by atoms with E-state index in [9.17, 15) is 9.59 Å². The Hall–Kier alpha value is -1.84. The van der Waals surface area contributed by atoms with Crippen LogP contribution in [0.1, 0.15) is 38.7 Å². The van der Waals surface area contributed by atoms with Gasteiger partial charge in [0.25, 0.3) is 0 Å². The molecule has 0 fully saturated rings. The van der Waals surface area contributed by atoms with Crippen molar-refractivity contribution in [3.8, 4) is 0 Å². The van der Waals surface area contributed by atoms with E-state index in [-0.39, 0.29) is 12.6 Å². The molecule has 4 nitrogen and oxygen atoms in total. The highest BCUT2D eigenvalue weighted by atomic mass is 16.6. The zero-order chi connectivity index (χ0) is 14.1. The molecule has 0 amide bonds. The quantitative estimate of drug-likeness (QED) is 0.711. The van der Waals surface area contributed by atoms with Gasteiger partial charge < -0.3 is 9.47 Å². The van der Waals surface area contributed by atoms with Crippen molar-refractivity contribution >= 4 is 11.9 Å². The summed E-state index contributed by atoms with van der Waals surface area (Å²) in [6.45, 7) is 3.71. The first kappa shape index (κ1) is 15.2. The number of unbranched alkanes of at least 4 members (excludes halogenated alkanes) is 1. The average Bonchev–Trinajstić information content (AvgIpc) is 2.43. The number of hydrogen-bond donors (Lipinski definition) is 0. The molecule has 1 aromatic carbocycles. The molecule has 0 bridgehead atoms. The van der Waals surface area contributed by atoms with Crippen LogP contribution >= 0.6 is 0 Å². The van der Waals surface area contributed by atoms with Gasteiger partial charge in [-0.2, -0.15) is 0 Å². The second kappa shape index (κ2) is 8.29. The Morgan fingerprint density at radius 1 is 1.21 bits per heavy atom. The van der Waals surface area contributed by atoms with Crippen LogP contribution in [-0.4, -0.2) is 18.0 Å². The zero-order valence-corrected chi connectivity index (χ0v) is 11.4. The third-order valence-corrected chi connectivity index (χ3v) is 2.60. The van der Waals surface area contributed by atoms with Crippen molar-refractivity contribution < 1.29 is 19.1 Å². The molecular formula is C15H20O4. The summed E-state index contributed by atoms with van der Waals surface area (Å²) in [5.74, 6) is -0.875. The average molecular weight is 264 g/mol. The Kier molecular flexibility index (Phi) is 6.64. The number of ether oxygens (including phenoxy) is 2. The summed E-state index contributed by atoms with van der Waals surface area (Å²) in [4.78, 5) is 23.0. The van der Waals surface area contributed by atoms with Gasteiger partial charge >= 0.3 is 11.9 Å². The van der Waals surface area contributed by atoms with E-state index in [2.05, 4.69) is 0 Å². The molecule has 0 radical (unpaired) electrons. The zero-order valence-electron chi connectivity index (χ0n) is 11.4. The van der Waals surface area contributed by atoms with E-state index in [4.69, 9.17) is 9.47 Å². The van der Waals surface area contributed by atoms with Crippen molar-refractivity contribution in [2.24, 2.45) is 0 Å². The van der Waals surface area contributed by atoms with Crippen molar-refractivity contribution in [2.75, 3.05) is 0 Å². The Labute approximate surface area is 113 Å². The molecule has 0 aliphatic carbocycles. The number of hydrogen-bond acceptors (Lipinski definition) is 4. The Bertz CT molecular complexity index is 400. The Morgan fingerprint density at radius 2 is 1.89 bits per heavy atom. The molecule has 1 atom stereocenters. The van der Waals surface area contributed by atoms with Crippen LogP contribution in [0.15, 0.2) is 30.3 Å². The van der Waals surface area contributed by atoms with Crippen LogP contribution in [0, 0.1) is 0 Å². The molecule has 1 rings (SSSR count). The number of carbonyl (C=O) groups is 2. The summed E-state index contributed by atoms with van der Waals surface area (Å²) in [5.41, 5.74) is 0.903. The van der Waals surface area contributed by atoms with Gasteiger partial charge in [-0.3, -0.25) is 4.79 Å². The summed E-state index contributed by atoms with van der Waals surface area (Å²) >= 11 is 0. The Morgan fingerprint density at radius 3 is 2.53 bits per heavy atom. The molecule has 0 aromatic heterocycles. The highest BCUT2D eigenvalue weighted by Gasteiger charge is 2.18. The molecule has 0 spiro atoms. The van der Waals surface area contributed by atoms with E-state index in [1.54, 1.807) is 0 Å². The van der Waals surface area contributed by atoms with Gasteiger partial charge in [0.1, 0.15) is 6.61 Å². The summed E-state index contributed by atoms with van der Waals surface area (Å²) in [7, 11) is 0. The molecule has 0 aliphatic rings. The molecule has 0 saturated carbocycles. The van der Waals surface area contributed by atoms with Crippen LogP contribution in [0.4, 0.5) is 0 Å². The number of benzene rings is 1. The first-order valence-corrected chi connectivity index (χ1v) is 6.53. The van der Waals surface area contributed by atoms with E-state index in [0.29, 0.717) is 6.42 Å². The summed E-state index contributed by atoms with van der Waals surface area (Å²) in [6.07, 6.45) is 1.17. The molecule has 0 heterocycles. The van der Waals surface area contributed by atoms with Crippen molar-refractivity contribution in [2.45, 2.75) is 45.8 Å². The normalized spacial score (nSPS) is 11.7. The first-order valence-electron chi connectivity index (χ1n) is 6.53. The van der Waals surface area contributed by atoms with Crippen molar-refractivity contribution in [3.05, 3.63) is 35.9 Å². The number of rotatable bonds is 7. The van der Waals surface area contributed by atoms with Crippen LogP contribution < -0.4 is 0 Å². The van der Waals surface area contributed by atoms with Crippen molar-refractivity contribution in [3.63, 3.8) is 0 Å². The maximum atomic E-state index is 11.6. The lowest BCUT2D eigenvalue weighted by atomic mass is 10.2. The maximum absolute atomic E-state index is 11.6. The van der Waals surface area contributed by atoms with Crippen LogP contribution in [0.2, 0.25) is 0 Å². The van der Waals surface area contributed by atoms with Gasteiger partial charge in [-0.15, -0.1) is 0 Å². The predicted molar refractivity (Wildman–Crippen MR) is 71.3 cm³/mol. The van der Waals surface area contributed by atoms with Crippen molar-refractivity contribution in [1.82, 2.24) is 0 Å². The van der Waals surface area contributed by atoms with Gasteiger partial charge in [-0.25, -0.2) is 4.79 Å². The lowest BCUT2D eigenvalue weighted by molar-refractivity contribution is -0.167. The standard InChI is InChI=1S/C15H20O4/c1-3-4-10-14(16)19-12(2)15(17)18-11-13-8-6-5-7-9-13/h5-9,12H,3-4,10-11H2,1-2H3/t12-/m0/s1. The molecule has 1 aromatic rings. The molecule has 0 saturated heterocycles. The fraction of sp³-hybridized carbons (Fsp3) is 0.467. The summed E-state index contributed by atoms with van der Waals surface area (Å²) < 4.78 is 10.1. The van der Waals surface area contributed by atoms with Crippen molar-refractivity contribution in [1.29, 1.82) is 0 Å². The van der Waals surface area contributed by atoms with Gasteiger partial charge in [-0.1, -0.05) is 43.7 Å². The molecule has 0 unspecified atom stereocenters. The van der Waals surface area contributed by atoms with E-state index in [1.807, 2.05) is 37.3 Å². The highest BCUT2D eigenvalue weighted by Crippen LogP contribution is 2.05. The van der Waals surface area contributed by atoms with Gasteiger partial charge in [-0.05, 0) is 18.9 Å². The number of esters is 2. The van der Waals surface area contributed by atoms with Gasteiger partial charge in [0.15, 0.2) is 6.10 Å². The van der Waals surface area contributed by atoms with E-state index >= 15 is 0 Å². The lowest BCUT2D eigenvalue weighted by Crippen LogP contribution is -2.26. The fourth-order valence-electron chi connectivity index (χ4n) is 1.47. The van der Waals surface area contributed by atoms with Crippen LogP contribution in [-0.2, 0) is 25.7 Å². The minimum atomic E-state index is -0.854. The molecule has 0 aliphatic heterocycles. The Balaban J connectivity index is 2.30. The first-order chi connectivity index (χ1) is 9.13. The smallest absolute Gasteiger partial charge is 0.347 e. The molecule has 4 heteroatoms. The second-order valence-electron chi connectivity index (χ2n) is 4.33. The van der Waals surface area contributed by atoms with E-state index in [1.165, 1.54) is 6.92 Å². The molecule has 0 N–H and O–H groups in total. The van der Waals surface area contributed by atoms with Crippen LogP contribution in [0.3, 0.4) is 0 Å². The number of carbonyl (C=O) groups excluding carboxylic acids is 2. The lowest BCUT2D eigenvalue weighted by Gasteiger charge is -2.12. The van der Waals surface area contributed by atoms with E-state index in [0.717, 1.165) is 18.4 Å². The third kappa shape index (κ3) is 6.04. The summed E-state index contributed by atoms with van der Waals surface area (Å²) in [6, 6.07) is 9.37. The predicted octanol–water partition coefficient (Wildman–Crippen LogP) is 2.85. The van der Waals surface area contributed by atoms with Crippen LogP contribution in [0.5, 0.6) is 0 Å². The monoisotopic (exact) mass is 264 g/mol. The summed E-state index contributed by atoms with van der Waals surface area (Å²) in [5, 5.41) is 0. The third-order valence-electron chi connectivity index (χ3n) is 2.60. The minimum absolute atomic E-state index is 0.191. The van der Waals surface area contributed by atoms with E-state index < -0.39 is 12.1 Å². The van der Waals surface area contributed by atoms with Gasteiger partial charge in [0.2, 0.25) is 0 Å². The van der Waals surface area contributed by atoms with Crippen LogP contribution in [0.25, 0.3) is 0 Å². The molecular weight excluding hydrogens is 244 g/mol. The fourth-order valence-corrected chi connectivity index (χ4v) is 1.47. The minimum Gasteiger partial charge on any atom is -0.458 e. The topological polar surface area (TPSA) is 52.6 Å². The van der Waals surface area contributed by atoms with Gasteiger partial charge in [0.05, 0.1) is 0 Å². The second-order valence-corrected chi connectivity index (χ2v) is 4.33.